The van der Waals surface area contributed by atoms with Crippen LogP contribution in [0.2, 0.25) is 0 Å². The van der Waals surface area contributed by atoms with E-state index in [1.807, 2.05) is 6.07 Å². The standard InChI is InChI=1S/C60H40N2O/c1-4-19-41(20-5-1)46-25-10-11-27-48(46)43-35-38-56(54(39-43)49-28-13-12-26-47(49)42-21-6-2-7-22-42)62(57-33-18-31-53-52-30-15-17-34-59(52)63-60(53)57)45-36-37-51-50-29-14-16-32-55(50)61(58(51)40-45)44-23-8-3-9-24-44/h1-40H. The Bertz CT molecular complexity index is 3620. The highest BCUT2D eigenvalue weighted by molar-refractivity contribution is 6.13. The maximum atomic E-state index is 6.89. The van der Waals surface area contributed by atoms with E-state index in [0.717, 1.165) is 78.0 Å². The Morgan fingerprint density at radius 1 is 0.317 bits per heavy atom. The van der Waals surface area contributed by atoms with Gasteiger partial charge in [0.2, 0.25) is 0 Å². The van der Waals surface area contributed by atoms with Crippen molar-refractivity contribution in [3.05, 3.63) is 243 Å². The van der Waals surface area contributed by atoms with Gasteiger partial charge in [-0.3, -0.25) is 0 Å². The molecule has 0 amide bonds. The molecule has 0 saturated carbocycles. The molecule has 3 heteroatoms. The van der Waals surface area contributed by atoms with Crippen LogP contribution in [0.1, 0.15) is 0 Å². The van der Waals surface area contributed by atoms with Crippen LogP contribution in [0, 0.1) is 0 Å². The third-order valence-electron chi connectivity index (χ3n) is 12.4. The largest absolute Gasteiger partial charge is 0.454 e. The number of benzene rings is 10. The van der Waals surface area contributed by atoms with Crippen molar-refractivity contribution in [2.45, 2.75) is 0 Å². The lowest BCUT2D eigenvalue weighted by atomic mass is 9.89. The topological polar surface area (TPSA) is 21.3 Å². The van der Waals surface area contributed by atoms with Crippen LogP contribution in [0.15, 0.2) is 247 Å². The van der Waals surface area contributed by atoms with Crippen molar-refractivity contribution in [2.24, 2.45) is 0 Å². The first-order chi connectivity index (χ1) is 31.3. The summed E-state index contributed by atoms with van der Waals surface area (Å²) in [5.74, 6) is 0. The van der Waals surface area contributed by atoms with Gasteiger partial charge >= 0.3 is 0 Å². The SMILES string of the molecule is c1ccc(-c2ccccc2-c2ccc(N(c3ccc4c5ccccc5n(-c5ccccc5)c4c3)c3cccc4c3oc3ccccc34)c(-c3ccccc3-c3ccccc3)c2)cc1. The number of aromatic nitrogens is 1. The Morgan fingerprint density at radius 2 is 0.873 bits per heavy atom. The van der Waals surface area contributed by atoms with Gasteiger partial charge in [-0.05, 0) is 93.5 Å². The van der Waals surface area contributed by atoms with E-state index in [1.165, 1.54) is 33.0 Å². The smallest absolute Gasteiger partial charge is 0.159 e. The summed E-state index contributed by atoms with van der Waals surface area (Å²) in [7, 11) is 0. The number of para-hydroxylation sites is 4. The van der Waals surface area contributed by atoms with Crippen LogP contribution in [0.25, 0.3) is 93.9 Å². The summed E-state index contributed by atoms with van der Waals surface area (Å²) in [5.41, 5.74) is 17.4. The van der Waals surface area contributed by atoms with Crippen molar-refractivity contribution in [1.29, 1.82) is 0 Å². The molecule has 0 fully saturated rings. The molecule has 2 aromatic heterocycles. The fourth-order valence-electron chi connectivity index (χ4n) is 9.58. The Hall–Kier alpha value is -8.40. The molecule has 0 radical (unpaired) electrons. The molecule has 3 nitrogen and oxygen atoms in total. The van der Waals surface area contributed by atoms with Gasteiger partial charge in [-0.25, -0.2) is 0 Å². The first-order valence-corrected chi connectivity index (χ1v) is 21.5. The van der Waals surface area contributed by atoms with Gasteiger partial charge < -0.3 is 13.9 Å². The summed E-state index contributed by atoms with van der Waals surface area (Å²) in [6.07, 6.45) is 0. The number of fused-ring (bicyclic) bond motifs is 6. The highest BCUT2D eigenvalue weighted by Gasteiger charge is 2.25. The maximum Gasteiger partial charge on any atom is 0.159 e. The molecule has 296 valence electrons. The number of nitrogens with zero attached hydrogens (tertiary/aromatic N) is 2. The van der Waals surface area contributed by atoms with Gasteiger partial charge in [-0.1, -0.05) is 188 Å². The molecule has 2 heterocycles. The third kappa shape index (κ3) is 6.21. The molecule has 0 spiro atoms. The second-order valence-corrected chi connectivity index (χ2v) is 16.0. The van der Waals surface area contributed by atoms with E-state index in [-0.39, 0.29) is 0 Å². The van der Waals surface area contributed by atoms with Crippen molar-refractivity contribution >= 4 is 60.8 Å². The van der Waals surface area contributed by atoms with E-state index in [1.54, 1.807) is 0 Å². The van der Waals surface area contributed by atoms with Gasteiger partial charge in [-0.15, -0.1) is 0 Å². The van der Waals surface area contributed by atoms with Crippen molar-refractivity contribution in [3.8, 4) is 50.2 Å². The maximum absolute atomic E-state index is 6.89. The first kappa shape index (κ1) is 36.5. The fourth-order valence-corrected chi connectivity index (χ4v) is 9.58. The molecule has 0 atom stereocenters. The Kier molecular flexibility index (Phi) is 8.83. The quantitative estimate of drug-likeness (QED) is 0.153. The number of furan rings is 1. The molecule has 63 heavy (non-hydrogen) atoms. The minimum absolute atomic E-state index is 0.836. The van der Waals surface area contributed by atoms with Gasteiger partial charge in [0, 0.05) is 38.5 Å². The predicted molar refractivity (Wildman–Crippen MR) is 264 cm³/mol. The van der Waals surface area contributed by atoms with E-state index in [4.69, 9.17) is 4.42 Å². The molecule has 0 saturated heterocycles. The third-order valence-corrected chi connectivity index (χ3v) is 12.4. The summed E-state index contributed by atoms with van der Waals surface area (Å²) < 4.78 is 9.28. The van der Waals surface area contributed by atoms with Crippen molar-refractivity contribution in [2.75, 3.05) is 4.90 Å². The highest BCUT2D eigenvalue weighted by atomic mass is 16.3. The van der Waals surface area contributed by atoms with Crippen molar-refractivity contribution in [3.63, 3.8) is 0 Å². The van der Waals surface area contributed by atoms with Gasteiger partial charge in [0.05, 0.1) is 22.4 Å². The van der Waals surface area contributed by atoms with E-state index >= 15 is 0 Å². The van der Waals surface area contributed by atoms with Crippen LogP contribution >= 0.6 is 0 Å². The molecule has 0 aliphatic rings. The molecule has 10 aromatic carbocycles. The molecular formula is C60H40N2O. The zero-order valence-electron chi connectivity index (χ0n) is 34.4. The summed E-state index contributed by atoms with van der Waals surface area (Å²) in [6.45, 7) is 0. The molecule has 0 bridgehead atoms. The summed E-state index contributed by atoms with van der Waals surface area (Å²) in [5, 5.41) is 4.58. The molecular weight excluding hydrogens is 765 g/mol. The van der Waals surface area contributed by atoms with Gasteiger partial charge in [0.1, 0.15) is 5.58 Å². The van der Waals surface area contributed by atoms with Crippen molar-refractivity contribution in [1.82, 2.24) is 4.57 Å². The van der Waals surface area contributed by atoms with E-state index < -0.39 is 0 Å². The lowest BCUT2D eigenvalue weighted by Crippen LogP contribution is -2.12. The van der Waals surface area contributed by atoms with Crippen LogP contribution in [0.4, 0.5) is 17.1 Å². The van der Waals surface area contributed by atoms with E-state index in [2.05, 4.69) is 246 Å². The average molecular weight is 805 g/mol. The van der Waals surface area contributed by atoms with Gasteiger partial charge in [0.25, 0.3) is 0 Å². The zero-order chi connectivity index (χ0) is 41.7. The molecule has 12 aromatic rings. The summed E-state index contributed by atoms with van der Waals surface area (Å²) in [6, 6.07) is 87.2. The van der Waals surface area contributed by atoms with Crippen LogP contribution in [-0.4, -0.2) is 4.57 Å². The van der Waals surface area contributed by atoms with E-state index in [0.29, 0.717) is 0 Å². The van der Waals surface area contributed by atoms with Crippen LogP contribution < -0.4 is 4.90 Å². The van der Waals surface area contributed by atoms with Crippen LogP contribution in [-0.2, 0) is 0 Å². The fraction of sp³-hybridized carbons (Fsp3) is 0. The molecule has 0 aliphatic heterocycles. The molecule has 0 aliphatic carbocycles. The minimum atomic E-state index is 0.836. The zero-order valence-corrected chi connectivity index (χ0v) is 34.4. The normalized spacial score (nSPS) is 11.5. The summed E-state index contributed by atoms with van der Waals surface area (Å²) >= 11 is 0. The number of hydrogen-bond acceptors (Lipinski definition) is 2. The Balaban J connectivity index is 1.18. The number of rotatable bonds is 8. The minimum Gasteiger partial charge on any atom is -0.454 e. The highest BCUT2D eigenvalue weighted by Crippen LogP contribution is 2.49. The average Bonchev–Trinajstić information content (AvgIpc) is 3.91. The lowest BCUT2D eigenvalue weighted by Gasteiger charge is -2.29. The van der Waals surface area contributed by atoms with Gasteiger partial charge in [0.15, 0.2) is 5.58 Å². The second-order valence-electron chi connectivity index (χ2n) is 16.0. The monoisotopic (exact) mass is 804 g/mol. The molecule has 12 rings (SSSR count). The number of hydrogen-bond donors (Lipinski definition) is 0. The van der Waals surface area contributed by atoms with Gasteiger partial charge in [-0.2, -0.15) is 0 Å². The van der Waals surface area contributed by atoms with Crippen LogP contribution in [0.5, 0.6) is 0 Å². The summed E-state index contributed by atoms with van der Waals surface area (Å²) in [4.78, 5) is 2.42. The Labute approximate surface area is 366 Å². The van der Waals surface area contributed by atoms with Crippen LogP contribution in [0.3, 0.4) is 0 Å². The number of anilines is 3. The molecule has 0 N–H and O–H groups in total. The first-order valence-electron chi connectivity index (χ1n) is 21.5. The Morgan fingerprint density at radius 3 is 1.60 bits per heavy atom. The van der Waals surface area contributed by atoms with E-state index in [9.17, 15) is 0 Å². The van der Waals surface area contributed by atoms with Crippen molar-refractivity contribution < 1.29 is 4.42 Å². The predicted octanol–water partition coefficient (Wildman–Crippen LogP) is 16.8. The lowest BCUT2D eigenvalue weighted by molar-refractivity contribution is 0.669. The molecule has 0 unspecified atom stereocenters. The second kappa shape index (κ2) is 15.3.